The normalized spacial score (nSPS) is 20.2. The molecule has 0 amide bonds. The first-order chi connectivity index (χ1) is 18.3. The van der Waals surface area contributed by atoms with E-state index in [0.29, 0.717) is 22.4 Å². The number of fused-ring (bicyclic) bond motifs is 4. The third-order valence-corrected chi connectivity index (χ3v) is 9.00. The van der Waals surface area contributed by atoms with Crippen LogP contribution in [0.1, 0.15) is 106 Å². The molecule has 4 aromatic heterocycles. The number of pyridine rings is 2. The van der Waals surface area contributed by atoms with Gasteiger partial charge >= 0.3 is 0 Å². The van der Waals surface area contributed by atoms with Crippen molar-refractivity contribution in [3.8, 4) is 0 Å². The first-order valence-electron chi connectivity index (χ1n) is 14.5. The van der Waals surface area contributed by atoms with Gasteiger partial charge in [0.2, 0.25) is 0 Å². The predicted octanol–water partition coefficient (Wildman–Crippen LogP) is 7.29. The zero-order valence-electron chi connectivity index (χ0n) is 24.6. The van der Waals surface area contributed by atoms with Crippen LogP contribution < -0.4 is 0 Å². The van der Waals surface area contributed by atoms with Gasteiger partial charge in [0.15, 0.2) is 6.29 Å². The lowest BCUT2D eigenvalue weighted by Crippen LogP contribution is -2.27. The Labute approximate surface area is 232 Å². The Morgan fingerprint density at radius 3 is 1.77 bits per heavy atom. The minimum atomic E-state index is -0.469. The van der Waals surface area contributed by atoms with Gasteiger partial charge in [-0.2, -0.15) is 0 Å². The number of carbonyl (C=O) groups excluding carboxylic acids is 1. The first kappa shape index (κ1) is 27.6. The molecule has 0 saturated carbocycles. The molecule has 208 valence electrons. The summed E-state index contributed by atoms with van der Waals surface area (Å²) in [5.41, 5.74) is 11.3. The van der Waals surface area contributed by atoms with Gasteiger partial charge in [-0.05, 0) is 104 Å². The molecule has 0 bridgehead atoms. The van der Waals surface area contributed by atoms with Crippen molar-refractivity contribution in [1.82, 2.24) is 19.9 Å². The third kappa shape index (κ3) is 5.81. The number of aliphatic hydroxyl groups is 1. The number of hydrogen-bond donors (Lipinski definition) is 3. The second-order valence-corrected chi connectivity index (χ2v) is 13.9. The number of aliphatic hydroxyl groups excluding tert-OH is 1. The minimum Gasteiger partial charge on any atom is -0.387 e. The van der Waals surface area contributed by atoms with Crippen LogP contribution >= 0.6 is 0 Å². The largest absolute Gasteiger partial charge is 0.387 e. The Hall–Kier alpha value is -2.99. The monoisotopic (exact) mass is 528 g/mol. The molecule has 0 aliphatic heterocycles. The van der Waals surface area contributed by atoms with Crippen LogP contribution in [0.2, 0.25) is 0 Å². The fraction of sp³-hybridized carbons (Fsp3) is 0.545. The van der Waals surface area contributed by atoms with Crippen molar-refractivity contribution >= 4 is 28.4 Å². The summed E-state index contributed by atoms with van der Waals surface area (Å²) in [5, 5.41) is 9.68. The Kier molecular flexibility index (Phi) is 7.21. The van der Waals surface area contributed by atoms with E-state index in [1.54, 1.807) is 6.92 Å². The topological polar surface area (TPSA) is 94.7 Å². The van der Waals surface area contributed by atoms with Crippen molar-refractivity contribution < 1.29 is 9.90 Å². The second kappa shape index (κ2) is 10.2. The van der Waals surface area contributed by atoms with Gasteiger partial charge in [-0.3, -0.25) is 14.8 Å². The lowest BCUT2D eigenvalue weighted by Gasteiger charge is -2.34. The maximum Gasteiger partial charge on any atom is 0.166 e. The summed E-state index contributed by atoms with van der Waals surface area (Å²) < 4.78 is 0. The van der Waals surface area contributed by atoms with Gasteiger partial charge in [0.1, 0.15) is 0 Å². The molecule has 0 aromatic carbocycles. The maximum atomic E-state index is 10.8. The van der Waals surface area contributed by atoms with Crippen LogP contribution in [0.15, 0.2) is 24.3 Å². The zero-order valence-corrected chi connectivity index (χ0v) is 24.6. The number of nitrogens with one attached hydrogen (secondary N) is 2. The highest BCUT2D eigenvalue weighted by Crippen LogP contribution is 2.38. The van der Waals surface area contributed by atoms with Gasteiger partial charge in [-0.1, -0.05) is 41.5 Å². The molecule has 4 aromatic rings. The quantitative estimate of drug-likeness (QED) is 0.238. The van der Waals surface area contributed by atoms with Gasteiger partial charge < -0.3 is 15.1 Å². The summed E-state index contributed by atoms with van der Waals surface area (Å²) in [5.74, 6) is 1.43. The fourth-order valence-corrected chi connectivity index (χ4v) is 6.23. The second-order valence-electron chi connectivity index (χ2n) is 13.9. The molecule has 3 atom stereocenters. The van der Waals surface area contributed by atoms with Gasteiger partial charge in [0.25, 0.3) is 0 Å². The van der Waals surface area contributed by atoms with E-state index in [4.69, 9.17) is 9.97 Å². The van der Waals surface area contributed by atoms with Crippen LogP contribution in [0.3, 0.4) is 0 Å². The number of aldehydes is 1. The minimum absolute atomic E-state index is 0.344. The van der Waals surface area contributed by atoms with Crippen LogP contribution in [0.4, 0.5) is 0 Å². The number of aromatic amines is 2. The van der Waals surface area contributed by atoms with E-state index >= 15 is 0 Å². The van der Waals surface area contributed by atoms with E-state index in [0.717, 1.165) is 65.6 Å². The summed E-state index contributed by atoms with van der Waals surface area (Å²) in [6, 6.07) is 8.22. The Balaban J connectivity index is 0.000000158. The van der Waals surface area contributed by atoms with Gasteiger partial charge in [0.05, 0.1) is 33.9 Å². The lowest BCUT2D eigenvalue weighted by atomic mass is 9.71. The summed E-state index contributed by atoms with van der Waals surface area (Å²) in [6.07, 6.45) is 7.14. The number of aryl methyl sites for hydroxylation is 2. The van der Waals surface area contributed by atoms with Gasteiger partial charge in [0, 0.05) is 17.1 Å². The van der Waals surface area contributed by atoms with E-state index in [1.165, 1.54) is 35.4 Å². The van der Waals surface area contributed by atoms with E-state index in [1.807, 2.05) is 12.1 Å². The Morgan fingerprint density at radius 2 is 1.31 bits per heavy atom. The Morgan fingerprint density at radius 1 is 0.821 bits per heavy atom. The Bertz CT molecular complexity index is 1500. The molecular weight excluding hydrogens is 484 g/mol. The molecule has 0 fully saturated rings. The average Bonchev–Trinajstić information content (AvgIpc) is 3.47. The molecule has 6 rings (SSSR count). The molecule has 3 unspecified atom stereocenters. The number of H-pyrrole nitrogens is 2. The number of aromatic nitrogens is 4. The molecule has 0 spiro atoms. The molecule has 0 saturated heterocycles. The molecule has 3 N–H and O–H groups in total. The van der Waals surface area contributed by atoms with Crippen LogP contribution in [0.25, 0.3) is 22.1 Å². The molecule has 2 aliphatic carbocycles. The highest BCUT2D eigenvalue weighted by molar-refractivity contribution is 5.85. The lowest BCUT2D eigenvalue weighted by molar-refractivity contribution is 0.111. The van der Waals surface area contributed by atoms with Crippen molar-refractivity contribution in [3.63, 3.8) is 0 Å². The van der Waals surface area contributed by atoms with Crippen LogP contribution in [0, 0.1) is 22.7 Å². The summed E-state index contributed by atoms with van der Waals surface area (Å²) in [7, 11) is 0. The SMILES string of the molecule is CC(C)(C)C1CCc2nc3cc(C=O)[nH]c3cc2C1.CC(O)c1cc2nc3c(cc2[nH]1)CC(C(C)(C)C)CC3. The van der Waals surface area contributed by atoms with Crippen LogP contribution in [0.5, 0.6) is 0 Å². The number of hydrogen-bond acceptors (Lipinski definition) is 4. The standard InChI is InChI=1S/C17H24N2O.C16H20N2O/c1-10(20)14-9-16-15(19-14)8-11-7-12(17(2,3)4)5-6-13(11)18-16;1-16(2,3)11-4-5-13-10(6-11)7-14-15(18-13)8-12(9-19)17-14/h8-10,12,19-20H,5-7H2,1-4H3;7-9,11,17H,4-6H2,1-3H3. The fourth-order valence-electron chi connectivity index (χ4n) is 6.23. The first-order valence-corrected chi connectivity index (χ1v) is 14.5. The zero-order chi connectivity index (χ0) is 28.1. The van der Waals surface area contributed by atoms with Crippen LogP contribution in [-0.2, 0) is 25.7 Å². The number of nitrogens with zero attached hydrogens (tertiary/aromatic N) is 2. The highest BCUT2D eigenvalue weighted by Gasteiger charge is 2.30. The molecule has 6 nitrogen and oxygen atoms in total. The predicted molar refractivity (Wildman–Crippen MR) is 158 cm³/mol. The van der Waals surface area contributed by atoms with E-state index in [9.17, 15) is 9.90 Å². The smallest absolute Gasteiger partial charge is 0.166 e. The third-order valence-electron chi connectivity index (χ3n) is 9.00. The van der Waals surface area contributed by atoms with Crippen LogP contribution in [-0.4, -0.2) is 31.3 Å². The molecule has 2 aliphatic rings. The van der Waals surface area contributed by atoms with Gasteiger partial charge in [-0.15, -0.1) is 0 Å². The molecule has 4 heterocycles. The molecular formula is C33H44N4O2. The summed E-state index contributed by atoms with van der Waals surface area (Å²) in [6.45, 7) is 15.7. The summed E-state index contributed by atoms with van der Waals surface area (Å²) >= 11 is 0. The molecule has 0 radical (unpaired) electrons. The maximum absolute atomic E-state index is 10.8. The van der Waals surface area contributed by atoms with Gasteiger partial charge in [-0.25, -0.2) is 0 Å². The average molecular weight is 529 g/mol. The van der Waals surface area contributed by atoms with E-state index in [2.05, 4.69) is 63.6 Å². The number of rotatable bonds is 2. The van der Waals surface area contributed by atoms with E-state index < -0.39 is 6.10 Å². The highest BCUT2D eigenvalue weighted by atomic mass is 16.3. The van der Waals surface area contributed by atoms with Crippen molar-refractivity contribution in [2.24, 2.45) is 22.7 Å². The van der Waals surface area contributed by atoms with Crippen molar-refractivity contribution in [3.05, 3.63) is 58.2 Å². The number of carbonyl (C=O) groups is 1. The molecule has 39 heavy (non-hydrogen) atoms. The van der Waals surface area contributed by atoms with E-state index in [-0.39, 0.29) is 0 Å². The van der Waals surface area contributed by atoms with Crippen molar-refractivity contribution in [2.75, 3.05) is 0 Å². The summed E-state index contributed by atoms with van der Waals surface area (Å²) in [4.78, 5) is 26.7. The molecule has 6 heteroatoms. The van der Waals surface area contributed by atoms with Crippen molar-refractivity contribution in [1.29, 1.82) is 0 Å². The van der Waals surface area contributed by atoms with Crippen molar-refractivity contribution in [2.45, 2.75) is 93.1 Å².